The van der Waals surface area contributed by atoms with Gasteiger partial charge in [0.2, 0.25) is 5.91 Å². The number of carbonyl (C=O) groups excluding carboxylic acids is 1. The van der Waals surface area contributed by atoms with Crippen LogP contribution in [0.15, 0.2) is 66.3 Å². The molecule has 3 rings (SSSR count). The fourth-order valence-electron chi connectivity index (χ4n) is 2.81. The molecular formula is C22H23FN4OS. The Morgan fingerprint density at radius 1 is 1.21 bits per heavy atom. The van der Waals surface area contributed by atoms with E-state index in [9.17, 15) is 9.18 Å². The van der Waals surface area contributed by atoms with Crippen LogP contribution in [0.1, 0.15) is 25.3 Å². The predicted octanol–water partition coefficient (Wildman–Crippen LogP) is 5.12. The summed E-state index contributed by atoms with van der Waals surface area (Å²) in [5, 5.41) is 11.7. The van der Waals surface area contributed by atoms with E-state index in [0.717, 1.165) is 5.69 Å². The molecule has 0 spiro atoms. The minimum atomic E-state index is -0.371. The van der Waals surface area contributed by atoms with E-state index in [1.165, 1.54) is 23.4 Å². The van der Waals surface area contributed by atoms with E-state index in [-0.39, 0.29) is 17.5 Å². The number of allylic oxidation sites excluding steroid dienone is 1. The van der Waals surface area contributed by atoms with Crippen LogP contribution in [0.25, 0.3) is 11.4 Å². The van der Waals surface area contributed by atoms with Crippen molar-refractivity contribution in [2.24, 2.45) is 0 Å². The van der Waals surface area contributed by atoms with E-state index >= 15 is 0 Å². The van der Waals surface area contributed by atoms with E-state index in [0.29, 0.717) is 29.0 Å². The summed E-state index contributed by atoms with van der Waals surface area (Å²) in [5.74, 6) is 0.501. The molecule has 0 bridgehead atoms. The Balaban J connectivity index is 1.69. The molecule has 0 atom stereocenters. The van der Waals surface area contributed by atoms with Crippen LogP contribution in [-0.4, -0.2) is 26.4 Å². The zero-order valence-corrected chi connectivity index (χ0v) is 17.2. The highest BCUT2D eigenvalue weighted by Gasteiger charge is 2.17. The van der Waals surface area contributed by atoms with Gasteiger partial charge in [0.1, 0.15) is 5.82 Å². The summed E-state index contributed by atoms with van der Waals surface area (Å²) in [5.41, 5.74) is 2.33. The van der Waals surface area contributed by atoms with Gasteiger partial charge >= 0.3 is 0 Å². The molecule has 5 nitrogen and oxygen atoms in total. The normalized spacial score (nSPS) is 10.9. The molecule has 0 unspecified atom stereocenters. The van der Waals surface area contributed by atoms with Crippen LogP contribution in [-0.2, 0) is 11.3 Å². The summed E-state index contributed by atoms with van der Waals surface area (Å²) >= 11 is 1.25. The van der Waals surface area contributed by atoms with Crippen molar-refractivity contribution < 1.29 is 9.18 Å². The van der Waals surface area contributed by atoms with Crippen LogP contribution >= 0.6 is 11.8 Å². The van der Waals surface area contributed by atoms with Crippen molar-refractivity contribution in [3.63, 3.8) is 0 Å². The van der Waals surface area contributed by atoms with Crippen molar-refractivity contribution in [2.75, 3.05) is 11.1 Å². The fourth-order valence-corrected chi connectivity index (χ4v) is 3.56. The van der Waals surface area contributed by atoms with E-state index in [4.69, 9.17) is 0 Å². The summed E-state index contributed by atoms with van der Waals surface area (Å²) in [6, 6.07) is 14.2. The number of nitrogens with one attached hydrogen (secondary N) is 1. The Morgan fingerprint density at radius 2 is 1.93 bits per heavy atom. The molecule has 0 fully saturated rings. The lowest BCUT2D eigenvalue weighted by Gasteiger charge is -2.09. The second-order valence-electron chi connectivity index (χ2n) is 6.80. The molecule has 1 amide bonds. The highest BCUT2D eigenvalue weighted by Crippen LogP contribution is 2.26. The third kappa shape index (κ3) is 5.12. The molecule has 7 heteroatoms. The van der Waals surface area contributed by atoms with Gasteiger partial charge < -0.3 is 5.32 Å². The number of hydrogen-bond donors (Lipinski definition) is 1. The van der Waals surface area contributed by atoms with Crippen LogP contribution in [0.2, 0.25) is 0 Å². The minimum Gasteiger partial charge on any atom is -0.325 e. The quantitative estimate of drug-likeness (QED) is 0.413. The van der Waals surface area contributed by atoms with Crippen LogP contribution in [0.4, 0.5) is 10.1 Å². The standard InChI is InChI=1S/C22H23FN4OS/c1-4-13-27-21(18-7-5-6-8-19(18)23)25-26-22(27)29-14-20(28)24-17-11-9-16(10-12-17)15(2)3/h4-12,15H,1,13-14H2,2-3H3,(H,24,28). The Labute approximate surface area is 174 Å². The maximum absolute atomic E-state index is 14.2. The maximum atomic E-state index is 14.2. The van der Waals surface area contributed by atoms with Gasteiger partial charge in [0.25, 0.3) is 0 Å². The number of hydrogen-bond acceptors (Lipinski definition) is 4. The van der Waals surface area contributed by atoms with Crippen LogP contribution in [0, 0.1) is 5.82 Å². The predicted molar refractivity (Wildman–Crippen MR) is 115 cm³/mol. The molecule has 1 aromatic heterocycles. The van der Waals surface area contributed by atoms with E-state index in [1.54, 1.807) is 28.8 Å². The number of carbonyl (C=O) groups is 1. The van der Waals surface area contributed by atoms with Gasteiger partial charge in [0, 0.05) is 12.2 Å². The molecule has 0 saturated carbocycles. The summed E-state index contributed by atoms with van der Waals surface area (Å²) in [7, 11) is 0. The van der Waals surface area contributed by atoms with Crippen molar-refractivity contribution in [3.8, 4) is 11.4 Å². The second kappa shape index (κ2) is 9.52. The first-order chi connectivity index (χ1) is 14.0. The number of amides is 1. The first-order valence-corrected chi connectivity index (χ1v) is 10.3. The Morgan fingerprint density at radius 3 is 2.59 bits per heavy atom. The number of aromatic nitrogens is 3. The number of halogens is 1. The van der Waals surface area contributed by atoms with Gasteiger partial charge in [-0.05, 0) is 35.7 Å². The molecule has 29 heavy (non-hydrogen) atoms. The zero-order valence-electron chi connectivity index (χ0n) is 16.4. The topological polar surface area (TPSA) is 59.8 Å². The number of benzene rings is 2. The molecule has 0 radical (unpaired) electrons. The van der Waals surface area contributed by atoms with Crippen molar-refractivity contribution in [1.29, 1.82) is 0 Å². The van der Waals surface area contributed by atoms with E-state index < -0.39 is 0 Å². The largest absolute Gasteiger partial charge is 0.325 e. The molecular weight excluding hydrogens is 387 g/mol. The Hall–Kier alpha value is -2.93. The smallest absolute Gasteiger partial charge is 0.234 e. The van der Waals surface area contributed by atoms with Gasteiger partial charge in [-0.25, -0.2) is 4.39 Å². The molecule has 3 aromatic rings. The molecule has 0 aliphatic carbocycles. The lowest BCUT2D eigenvalue weighted by Crippen LogP contribution is -2.14. The molecule has 0 saturated heterocycles. The summed E-state index contributed by atoms with van der Waals surface area (Å²) < 4.78 is 15.9. The van der Waals surface area contributed by atoms with Crippen molar-refractivity contribution in [2.45, 2.75) is 31.5 Å². The van der Waals surface area contributed by atoms with Gasteiger partial charge in [-0.15, -0.1) is 16.8 Å². The lowest BCUT2D eigenvalue weighted by atomic mass is 10.0. The maximum Gasteiger partial charge on any atom is 0.234 e. The summed E-state index contributed by atoms with van der Waals surface area (Å²) in [4.78, 5) is 12.3. The van der Waals surface area contributed by atoms with Crippen LogP contribution in [0.3, 0.4) is 0 Å². The highest BCUT2D eigenvalue weighted by molar-refractivity contribution is 7.99. The molecule has 150 valence electrons. The third-order valence-corrected chi connectivity index (χ3v) is 5.30. The van der Waals surface area contributed by atoms with Crippen molar-refractivity contribution in [3.05, 3.63) is 72.6 Å². The average Bonchev–Trinajstić information content (AvgIpc) is 3.10. The first kappa shape index (κ1) is 20.8. The zero-order chi connectivity index (χ0) is 20.8. The van der Waals surface area contributed by atoms with E-state index in [2.05, 4.69) is 35.9 Å². The lowest BCUT2D eigenvalue weighted by molar-refractivity contribution is -0.113. The fraction of sp³-hybridized carbons (Fsp3) is 0.227. The van der Waals surface area contributed by atoms with Crippen LogP contribution < -0.4 is 5.32 Å². The number of anilines is 1. The molecule has 1 N–H and O–H groups in total. The first-order valence-electron chi connectivity index (χ1n) is 9.31. The van der Waals surface area contributed by atoms with Gasteiger partial charge in [-0.2, -0.15) is 0 Å². The Bertz CT molecular complexity index is 998. The van der Waals surface area contributed by atoms with Crippen LogP contribution in [0.5, 0.6) is 0 Å². The summed E-state index contributed by atoms with van der Waals surface area (Å²) in [6.45, 7) is 8.41. The third-order valence-electron chi connectivity index (χ3n) is 4.34. The molecule has 2 aromatic carbocycles. The SMILES string of the molecule is C=CCn1c(SCC(=O)Nc2ccc(C(C)C)cc2)nnc1-c1ccccc1F. The highest BCUT2D eigenvalue weighted by atomic mass is 32.2. The monoisotopic (exact) mass is 410 g/mol. The summed E-state index contributed by atoms with van der Waals surface area (Å²) in [6.07, 6.45) is 1.69. The van der Waals surface area contributed by atoms with Crippen molar-refractivity contribution >= 4 is 23.4 Å². The Kier molecular flexibility index (Phi) is 6.82. The van der Waals surface area contributed by atoms with Gasteiger partial charge in [0.05, 0.1) is 11.3 Å². The number of nitrogens with zero attached hydrogens (tertiary/aromatic N) is 3. The van der Waals surface area contributed by atoms with Gasteiger partial charge in [-0.1, -0.05) is 56.0 Å². The van der Waals surface area contributed by atoms with E-state index in [1.807, 2.05) is 24.3 Å². The number of thioether (sulfide) groups is 1. The minimum absolute atomic E-state index is 0.145. The number of rotatable bonds is 8. The van der Waals surface area contributed by atoms with Gasteiger partial charge in [-0.3, -0.25) is 9.36 Å². The molecule has 0 aliphatic heterocycles. The second-order valence-corrected chi connectivity index (χ2v) is 7.74. The average molecular weight is 411 g/mol. The molecule has 1 heterocycles. The van der Waals surface area contributed by atoms with Crippen molar-refractivity contribution in [1.82, 2.24) is 14.8 Å². The molecule has 0 aliphatic rings. The van der Waals surface area contributed by atoms with Gasteiger partial charge in [0.15, 0.2) is 11.0 Å².